The summed E-state index contributed by atoms with van der Waals surface area (Å²) < 4.78 is 0. The van der Waals surface area contributed by atoms with E-state index in [1.807, 2.05) is 18.2 Å². The van der Waals surface area contributed by atoms with E-state index < -0.39 is 0 Å². The van der Waals surface area contributed by atoms with Crippen LogP contribution in [0.15, 0.2) is 48.5 Å². The van der Waals surface area contributed by atoms with Gasteiger partial charge in [-0.15, -0.1) is 0 Å². The molecule has 1 aromatic heterocycles. The summed E-state index contributed by atoms with van der Waals surface area (Å²) in [6.07, 6.45) is 0.783. The number of pyridine rings is 1. The number of nitrogens with one attached hydrogen (secondary N) is 1. The minimum atomic E-state index is 0.671. The second-order valence-corrected chi connectivity index (χ2v) is 5.58. The lowest BCUT2D eigenvalue weighted by molar-refractivity contribution is 1.14. The lowest BCUT2D eigenvalue weighted by atomic mass is 10.0. The van der Waals surface area contributed by atoms with Gasteiger partial charge < -0.3 is 5.43 Å². The van der Waals surface area contributed by atoms with Crippen molar-refractivity contribution < 1.29 is 0 Å². The van der Waals surface area contributed by atoms with Crippen LogP contribution in [0.2, 0.25) is 5.02 Å². The summed E-state index contributed by atoms with van der Waals surface area (Å²) in [5.41, 5.74) is 7.07. The number of nitrogen functional groups attached to an aromatic ring is 1. The number of hydrogen-bond acceptors (Lipinski definition) is 3. The van der Waals surface area contributed by atoms with Crippen molar-refractivity contribution in [3.63, 3.8) is 0 Å². The van der Waals surface area contributed by atoms with Crippen LogP contribution in [0.4, 0.5) is 5.82 Å². The SMILES string of the molecule is Cc1ccc(Cc2cc3ccc(Cl)cc3nc2NN)cc1. The molecule has 0 aliphatic rings. The summed E-state index contributed by atoms with van der Waals surface area (Å²) in [6.45, 7) is 2.08. The second kappa shape index (κ2) is 5.72. The first-order valence-corrected chi connectivity index (χ1v) is 7.15. The molecule has 0 atom stereocenters. The van der Waals surface area contributed by atoms with Gasteiger partial charge in [-0.25, -0.2) is 10.8 Å². The van der Waals surface area contributed by atoms with Crippen molar-refractivity contribution in [2.24, 2.45) is 5.84 Å². The molecule has 4 heteroatoms. The first-order chi connectivity index (χ1) is 10.2. The third-order valence-electron chi connectivity index (χ3n) is 3.51. The van der Waals surface area contributed by atoms with Gasteiger partial charge in [-0.3, -0.25) is 0 Å². The van der Waals surface area contributed by atoms with Gasteiger partial charge in [-0.2, -0.15) is 0 Å². The Labute approximate surface area is 128 Å². The number of hydrogen-bond donors (Lipinski definition) is 2. The third-order valence-corrected chi connectivity index (χ3v) is 3.75. The van der Waals surface area contributed by atoms with Crippen molar-refractivity contribution in [3.05, 3.63) is 70.2 Å². The minimum Gasteiger partial charge on any atom is -0.308 e. The average molecular weight is 298 g/mol. The highest BCUT2D eigenvalue weighted by molar-refractivity contribution is 6.31. The molecule has 3 nitrogen and oxygen atoms in total. The number of halogens is 1. The van der Waals surface area contributed by atoms with Crippen LogP contribution < -0.4 is 11.3 Å². The van der Waals surface area contributed by atoms with Crippen LogP contribution in [0.1, 0.15) is 16.7 Å². The number of aromatic nitrogens is 1. The maximum absolute atomic E-state index is 6.01. The van der Waals surface area contributed by atoms with E-state index in [1.165, 1.54) is 11.1 Å². The van der Waals surface area contributed by atoms with Crippen LogP contribution in [-0.2, 0) is 6.42 Å². The van der Waals surface area contributed by atoms with Crippen LogP contribution in [0.25, 0.3) is 10.9 Å². The zero-order chi connectivity index (χ0) is 14.8. The van der Waals surface area contributed by atoms with Crippen molar-refractivity contribution in [1.29, 1.82) is 0 Å². The van der Waals surface area contributed by atoms with Crippen LogP contribution in [-0.4, -0.2) is 4.98 Å². The molecule has 3 aromatic rings. The van der Waals surface area contributed by atoms with E-state index in [1.54, 1.807) is 0 Å². The molecule has 21 heavy (non-hydrogen) atoms. The number of rotatable bonds is 3. The molecule has 0 aliphatic carbocycles. The van der Waals surface area contributed by atoms with Gasteiger partial charge in [0.25, 0.3) is 0 Å². The van der Waals surface area contributed by atoms with Crippen LogP contribution in [0.5, 0.6) is 0 Å². The highest BCUT2D eigenvalue weighted by Gasteiger charge is 2.07. The molecule has 0 aliphatic heterocycles. The van der Waals surface area contributed by atoms with E-state index in [-0.39, 0.29) is 0 Å². The summed E-state index contributed by atoms with van der Waals surface area (Å²) in [5, 5.41) is 1.73. The van der Waals surface area contributed by atoms with Gasteiger partial charge in [0.2, 0.25) is 0 Å². The number of aryl methyl sites for hydroxylation is 1. The fourth-order valence-corrected chi connectivity index (χ4v) is 2.54. The van der Waals surface area contributed by atoms with Gasteiger partial charge in [0.15, 0.2) is 0 Å². The third kappa shape index (κ3) is 2.99. The van der Waals surface area contributed by atoms with Gasteiger partial charge in [-0.1, -0.05) is 47.5 Å². The molecule has 0 radical (unpaired) electrons. The molecule has 0 bridgehead atoms. The van der Waals surface area contributed by atoms with Gasteiger partial charge >= 0.3 is 0 Å². The molecule has 0 amide bonds. The molecule has 3 rings (SSSR count). The number of anilines is 1. The van der Waals surface area contributed by atoms with Gasteiger partial charge in [0.05, 0.1) is 5.52 Å². The van der Waals surface area contributed by atoms with E-state index in [4.69, 9.17) is 17.4 Å². The first-order valence-electron chi connectivity index (χ1n) is 6.77. The fourth-order valence-electron chi connectivity index (χ4n) is 2.37. The van der Waals surface area contributed by atoms with E-state index in [0.717, 1.165) is 22.9 Å². The highest BCUT2D eigenvalue weighted by atomic mass is 35.5. The number of nitrogens with two attached hydrogens (primary N) is 1. The van der Waals surface area contributed by atoms with Crippen molar-refractivity contribution in [1.82, 2.24) is 4.98 Å². The van der Waals surface area contributed by atoms with E-state index in [2.05, 4.69) is 47.7 Å². The normalized spacial score (nSPS) is 10.8. The smallest absolute Gasteiger partial charge is 0.144 e. The highest BCUT2D eigenvalue weighted by Crippen LogP contribution is 2.24. The number of nitrogens with zero attached hydrogens (tertiary/aromatic N) is 1. The molecule has 0 spiro atoms. The van der Waals surface area contributed by atoms with E-state index >= 15 is 0 Å². The van der Waals surface area contributed by atoms with Gasteiger partial charge in [0.1, 0.15) is 5.82 Å². The number of fused-ring (bicyclic) bond motifs is 1. The molecule has 1 heterocycles. The maximum atomic E-state index is 6.01. The molecule has 3 N–H and O–H groups in total. The summed E-state index contributed by atoms with van der Waals surface area (Å²) >= 11 is 6.01. The zero-order valence-corrected chi connectivity index (χ0v) is 12.5. The Balaban J connectivity index is 2.04. The van der Waals surface area contributed by atoms with Gasteiger partial charge in [-0.05, 0) is 30.7 Å². The molecular weight excluding hydrogens is 282 g/mol. The summed E-state index contributed by atoms with van der Waals surface area (Å²) in [7, 11) is 0. The molecule has 0 unspecified atom stereocenters. The Morgan fingerprint density at radius 2 is 1.86 bits per heavy atom. The van der Waals surface area contributed by atoms with Crippen molar-refractivity contribution in [2.75, 3.05) is 5.43 Å². The Morgan fingerprint density at radius 1 is 1.10 bits per heavy atom. The summed E-state index contributed by atoms with van der Waals surface area (Å²) in [6, 6.07) is 16.3. The Kier molecular flexibility index (Phi) is 3.78. The van der Waals surface area contributed by atoms with E-state index in [9.17, 15) is 0 Å². The molecule has 0 fully saturated rings. The Bertz CT molecular complexity index is 782. The predicted octanol–water partition coefficient (Wildman–Crippen LogP) is 4.07. The minimum absolute atomic E-state index is 0.671. The lowest BCUT2D eigenvalue weighted by Gasteiger charge is -2.10. The predicted molar refractivity (Wildman–Crippen MR) is 88.5 cm³/mol. The van der Waals surface area contributed by atoms with Crippen molar-refractivity contribution >= 4 is 28.3 Å². The van der Waals surface area contributed by atoms with Crippen LogP contribution >= 0.6 is 11.6 Å². The first kappa shape index (κ1) is 13.9. The summed E-state index contributed by atoms with van der Waals surface area (Å²) in [5.74, 6) is 6.30. The van der Waals surface area contributed by atoms with Crippen LogP contribution in [0, 0.1) is 6.92 Å². The largest absolute Gasteiger partial charge is 0.308 e. The molecule has 2 aromatic carbocycles. The molecule has 106 valence electrons. The zero-order valence-electron chi connectivity index (χ0n) is 11.7. The monoisotopic (exact) mass is 297 g/mol. The van der Waals surface area contributed by atoms with Crippen LogP contribution in [0.3, 0.4) is 0 Å². The Hall–Kier alpha value is -2.10. The fraction of sp³-hybridized carbons (Fsp3) is 0.118. The number of hydrazine groups is 1. The number of benzene rings is 2. The Morgan fingerprint density at radius 3 is 2.57 bits per heavy atom. The second-order valence-electron chi connectivity index (χ2n) is 5.14. The maximum Gasteiger partial charge on any atom is 0.144 e. The average Bonchev–Trinajstić information content (AvgIpc) is 2.49. The standard InChI is InChI=1S/C17H16ClN3/c1-11-2-4-12(5-3-11)8-14-9-13-6-7-15(18)10-16(13)20-17(14)21-19/h2-7,9-10H,8,19H2,1H3,(H,20,21). The molecule has 0 saturated heterocycles. The van der Waals surface area contributed by atoms with Crippen molar-refractivity contribution in [2.45, 2.75) is 13.3 Å². The van der Waals surface area contributed by atoms with E-state index in [0.29, 0.717) is 10.8 Å². The van der Waals surface area contributed by atoms with Crippen molar-refractivity contribution in [3.8, 4) is 0 Å². The quantitative estimate of drug-likeness (QED) is 0.566. The molecular formula is C17H16ClN3. The van der Waals surface area contributed by atoms with Gasteiger partial charge in [0, 0.05) is 22.4 Å². The molecule has 0 saturated carbocycles. The lowest BCUT2D eigenvalue weighted by Crippen LogP contribution is -2.11. The summed E-state index contributed by atoms with van der Waals surface area (Å²) in [4.78, 5) is 4.55. The topological polar surface area (TPSA) is 50.9 Å².